The van der Waals surface area contributed by atoms with Crippen LogP contribution in [0, 0.1) is 23.7 Å². The van der Waals surface area contributed by atoms with Gasteiger partial charge in [-0.1, -0.05) is 12.1 Å². The zero-order valence-electron chi connectivity index (χ0n) is 26.0. The predicted molar refractivity (Wildman–Crippen MR) is 163 cm³/mol. The lowest BCUT2D eigenvalue weighted by molar-refractivity contribution is -0.142. The highest BCUT2D eigenvalue weighted by Crippen LogP contribution is 2.33. The smallest absolute Gasteiger partial charge is 0.242 e. The Morgan fingerprint density at radius 3 is 2.53 bits per heavy atom. The number of carbonyl (C=O) groups is 4. The van der Waals surface area contributed by atoms with Crippen LogP contribution in [0.4, 0.5) is 0 Å². The van der Waals surface area contributed by atoms with Gasteiger partial charge in [0.25, 0.3) is 0 Å². The molecule has 5 rings (SSSR count). The van der Waals surface area contributed by atoms with Crippen LogP contribution in [0.25, 0.3) is 0 Å². The summed E-state index contributed by atoms with van der Waals surface area (Å²) in [6.07, 6.45) is 5.67. The number of nitrogens with one attached hydrogen (secondary N) is 1. The Kier molecular flexibility index (Phi) is 10.6. The molecule has 2 bridgehead atoms. The molecule has 10 nitrogen and oxygen atoms in total. The number of amides is 4. The fourth-order valence-corrected chi connectivity index (χ4v) is 7.53. The fourth-order valence-electron chi connectivity index (χ4n) is 7.53. The van der Waals surface area contributed by atoms with E-state index in [4.69, 9.17) is 4.74 Å². The third kappa shape index (κ3) is 8.28. The third-order valence-electron chi connectivity index (χ3n) is 10.2. The highest BCUT2D eigenvalue weighted by molar-refractivity contribution is 5.85. The molecule has 43 heavy (non-hydrogen) atoms. The average molecular weight is 596 g/mol. The van der Waals surface area contributed by atoms with Crippen LogP contribution in [-0.2, 0) is 25.7 Å². The second-order valence-electron chi connectivity index (χ2n) is 13.1. The van der Waals surface area contributed by atoms with E-state index in [1.807, 2.05) is 17.0 Å². The molecular formula is C33H49N5O5. The summed E-state index contributed by atoms with van der Waals surface area (Å²) in [6.45, 7) is 5.82. The topological polar surface area (TPSA) is 102 Å². The molecule has 10 heteroatoms. The van der Waals surface area contributed by atoms with Gasteiger partial charge in [-0.15, -0.1) is 0 Å². The van der Waals surface area contributed by atoms with Gasteiger partial charge in [0, 0.05) is 72.1 Å². The van der Waals surface area contributed by atoms with E-state index in [0.717, 1.165) is 64.2 Å². The van der Waals surface area contributed by atoms with Gasteiger partial charge in [0.1, 0.15) is 5.75 Å². The molecule has 4 aliphatic rings. The molecule has 4 saturated heterocycles. The Bertz CT molecular complexity index is 1150. The standard InChI is InChI=1S/C33H49N5O5/c1-35-23-33(42)38-15-10-26(19-32(41)37-12-3-4-13-37)28(22-38)17-30(39)34-11-8-27-21-36(14-9-25(27)18-31(35)40)20-24-6-5-7-29(16-24)43-2/h5-7,16,25-28H,3-4,8-15,17-23H2,1-2H3,(H,34,39)/t25-,26-,27-,28-/m0/s1. The molecule has 4 fully saturated rings. The maximum atomic E-state index is 13.3. The monoisotopic (exact) mass is 595 g/mol. The number of hydrogen-bond donors (Lipinski definition) is 1. The lowest BCUT2D eigenvalue weighted by Crippen LogP contribution is -2.49. The number of benzene rings is 1. The molecule has 4 amide bonds. The maximum absolute atomic E-state index is 13.3. The fraction of sp³-hybridized carbons (Fsp3) is 0.697. The van der Waals surface area contributed by atoms with Crippen molar-refractivity contribution in [2.45, 2.75) is 57.9 Å². The van der Waals surface area contributed by atoms with Gasteiger partial charge in [-0.25, -0.2) is 0 Å². The van der Waals surface area contributed by atoms with Gasteiger partial charge in [0.2, 0.25) is 23.6 Å². The van der Waals surface area contributed by atoms with E-state index in [1.54, 1.807) is 24.0 Å². The lowest BCUT2D eigenvalue weighted by Gasteiger charge is -2.39. The molecule has 0 unspecified atom stereocenters. The Labute approximate surface area is 256 Å². The quantitative estimate of drug-likeness (QED) is 0.561. The summed E-state index contributed by atoms with van der Waals surface area (Å²) in [5.41, 5.74) is 1.19. The third-order valence-corrected chi connectivity index (χ3v) is 10.2. The number of hydrogen-bond acceptors (Lipinski definition) is 6. The first-order chi connectivity index (χ1) is 20.8. The van der Waals surface area contributed by atoms with Gasteiger partial charge in [-0.2, -0.15) is 0 Å². The van der Waals surface area contributed by atoms with Gasteiger partial charge in [0.15, 0.2) is 0 Å². The number of likely N-dealkylation sites (N-methyl/N-ethyl adjacent to an activating group) is 1. The first-order valence-electron chi connectivity index (χ1n) is 16.2. The number of ether oxygens (including phenoxy) is 1. The summed E-state index contributed by atoms with van der Waals surface area (Å²) in [4.78, 5) is 60.7. The van der Waals surface area contributed by atoms with Crippen molar-refractivity contribution >= 4 is 23.6 Å². The molecule has 0 aliphatic carbocycles. The Hall–Kier alpha value is -3.14. The second-order valence-corrected chi connectivity index (χ2v) is 13.1. The summed E-state index contributed by atoms with van der Waals surface area (Å²) in [5.74, 6) is 1.39. The number of rotatable bonds is 5. The van der Waals surface area contributed by atoms with Crippen LogP contribution in [0.2, 0.25) is 0 Å². The van der Waals surface area contributed by atoms with Crippen LogP contribution < -0.4 is 10.1 Å². The van der Waals surface area contributed by atoms with E-state index < -0.39 is 0 Å². The number of methoxy groups -OCH3 is 1. The predicted octanol–water partition coefficient (Wildman–Crippen LogP) is 2.37. The highest BCUT2D eigenvalue weighted by Gasteiger charge is 2.37. The van der Waals surface area contributed by atoms with Gasteiger partial charge in [-0.05, 0) is 80.0 Å². The van der Waals surface area contributed by atoms with Crippen molar-refractivity contribution in [1.82, 2.24) is 24.9 Å². The summed E-state index contributed by atoms with van der Waals surface area (Å²) >= 11 is 0. The van der Waals surface area contributed by atoms with Gasteiger partial charge < -0.3 is 24.8 Å². The number of piperidine rings is 2. The van der Waals surface area contributed by atoms with Crippen LogP contribution >= 0.6 is 0 Å². The minimum atomic E-state index is -0.0786. The van der Waals surface area contributed by atoms with E-state index >= 15 is 0 Å². The molecule has 1 aromatic carbocycles. The average Bonchev–Trinajstić information content (AvgIpc) is 3.54. The normalized spacial score (nSPS) is 28.1. The summed E-state index contributed by atoms with van der Waals surface area (Å²) < 4.78 is 5.40. The largest absolute Gasteiger partial charge is 0.497 e. The van der Waals surface area contributed by atoms with Crippen LogP contribution in [0.5, 0.6) is 5.75 Å². The Morgan fingerprint density at radius 2 is 1.74 bits per heavy atom. The van der Waals surface area contributed by atoms with E-state index in [-0.39, 0.29) is 53.8 Å². The minimum Gasteiger partial charge on any atom is -0.497 e. The summed E-state index contributed by atoms with van der Waals surface area (Å²) in [6, 6.07) is 8.13. The Morgan fingerprint density at radius 1 is 0.930 bits per heavy atom. The van der Waals surface area contributed by atoms with E-state index in [9.17, 15) is 19.2 Å². The lowest BCUT2D eigenvalue weighted by atomic mass is 9.80. The summed E-state index contributed by atoms with van der Waals surface area (Å²) in [7, 11) is 3.41. The van der Waals surface area contributed by atoms with E-state index in [1.165, 1.54) is 5.56 Å². The van der Waals surface area contributed by atoms with Crippen LogP contribution in [0.1, 0.15) is 56.9 Å². The number of fused-ring (bicyclic) bond motifs is 3. The van der Waals surface area contributed by atoms with Crippen molar-refractivity contribution in [3.8, 4) is 5.75 Å². The van der Waals surface area contributed by atoms with Crippen molar-refractivity contribution in [1.29, 1.82) is 0 Å². The molecule has 0 radical (unpaired) electrons. The number of likely N-dealkylation sites (tertiary alicyclic amines) is 2. The van der Waals surface area contributed by atoms with Gasteiger partial charge >= 0.3 is 0 Å². The molecule has 0 aromatic heterocycles. The molecular weight excluding hydrogens is 546 g/mol. The van der Waals surface area contributed by atoms with E-state index in [2.05, 4.69) is 22.3 Å². The second kappa shape index (κ2) is 14.6. The van der Waals surface area contributed by atoms with Crippen LogP contribution in [0.15, 0.2) is 24.3 Å². The number of nitrogens with zero attached hydrogens (tertiary/aromatic N) is 4. The molecule has 236 valence electrons. The molecule has 1 N–H and O–H groups in total. The molecule has 1 aromatic rings. The van der Waals surface area contributed by atoms with Crippen molar-refractivity contribution in [3.05, 3.63) is 29.8 Å². The number of carbonyl (C=O) groups excluding carboxylic acids is 4. The molecule has 0 spiro atoms. The van der Waals surface area contributed by atoms with Crippen LogP contribution in [0.3, 0.4) is 0 Å². The van der Waals surface area contributed by atoms with Crippen molar-refractivity contribution < 1.29 is 23.9 Å². The SMILES string of the molecule is COc1cccc(CN2CC[C@H]3CC(=O)N(C)CC(=O)N4CC[C@@H](CC(=O)N5CCCC5)[C@@H](CC(=O)NCC[C@H]3C2)C4)c1. The first-order valence-corrected chi connectivity index (χ1v) is 16.2. The zero-order chi connectivity index (χ0) is 30.3. The summed E-state index contributed by atoms with van der Waals surface area (Å²) in [5, 5.41) is 3.16. The van der Waals surface area contributed by atoms with Crippen molar-refractivity contribution in [3.63, 3.8) is 0 Å². The maximum Gasteiger partial charge on any atom is 0.242 e. The van der Waals surface area contributed by atoms with Crippen LogP contribution in [-0.4, -0.2) is 110 Å². The van der Waals surface area contributed by atoms with Crippen molar-refractivity contribution in [2.75, 3.05) is 66.5 Å². The minimum absolute atomic E-state index is 0.00569. The molecule has 4 aliphatic heterocycles. The molecule has 4 heterocycles. The highest BCUT2D eigenvalue weighted by atomic mass is 16.5. The molecule has 4 atom stereocenters. The van der Waals surface area contributed by atoms with Gasteiger partial charge in [-0.3, -0.25) is 24.1 Å². The zero-order valence-corrected chi connectivity index (χ0v) is 26.0. The van der Waals surface area contributed by atoms with Crippen molar-refractivity contribution in [2.24, 2.45) is 23.7 Å². The molecule has 0 saturated carbocycles. The van der Waals surface area contributed by atoms with Gasteiger partial charge in [0.05, 0.1) is 13.7 Å². The Balaban J connectivity index is 1.26. The first kappa shape index (κ1) is 31.3. The van der Waals surface area contributed by atoms with E-state index in [0.29, 0.717) is 45.3 Å².